The Hall–Kier alpha value is -3.67. The zero-order valence-corrected chi connectivity index (χ0v) is 18.6. The smallest absolute Gasteiger partial charge is 0.196 e. The van der Waals surface area contributed by atoms with Gasteiger partial charge in [-0.05, 0) is 42.5 Å². The van der Waals surface area contributed by atoms with Gasteiger partial charge in [-0.3, -0.25) is 4.79 Å². The van der Waals surface area contributed by atoms with E-state index >= 15 is 0 Å². The second kappa shape index (κ2) is 7.44. The van der Waals surface area contributed by atoms with Gasteiger partial charge in [0.15, 0.2) is 11.5 Å². The number of fused-ring (bicyclic) bond motifs is 2. The minimum atomic E-state index is -0.337. The van der Waals surface area contributed by atoms with Gasteiger partial charge in [0.05, 0.1) is 22.3 Å². The van der Waals surface area contributed by atoms with E-state index in [9.17, 15) is 9.18 Å². The van der Waals surface area contributed by atoms with E-state index in [2.05, 4.69) is 29.2 Å². The van der Waals surface area contributed by atoms with Crippen molar-refractivity contribution in [2.45, 2.75) is 20.3 Å². The number of nitrogens with one attached hydrogen (secondary N) is 1. The SMILES string of the molecule is C[C@@H]1C[C@@H](C)CN(c2cc(Nc3cccc(F)c3)c3c4c(onc24)-c2ccccc2C3=O)C1. The average Bonchev–Trinajstić information content (AvgIpc) is 3.22. The van der Waals surface area contributed by atoms with Crippen molar-refractivity contribution in [3.63, 3.8) is 0 Å². The average molecular weight is 442 g/mol. The molecule has 2 aliphatic rings. The monoisotopic (exact) mass is 441 g/mol. The van der Waals surface area contributed by atoms with Crippen molar-refractivity contribution in [2.75, 3.05) is 23.3 Å². The van der Waals surface area contributed by atoms with Crippen LogP contribution in [0.15, 0.2) is 59.1 Å². The lowest BCUT2D eigenvalue weighted by Crippen LogP contribution is -2.39. The van der Waals surface area contributed by atoms with E-state index in [-0.39, 0.29) is 11.6 Å². The van der Waals surface area contributed by atoms with E-state index in [4.69, 9.17) is 4.52 Å². The molecular weight excluding hydrogens is 417 g/mol. The number of carbonyl (C=O) groups is 1. The van der Waals surface area contributed by atoms with Gasteiger partial charge >= 0.3 is 0 Å². The Morgan fingerprint density at radius 3 is 2.55 bits per heavy atom. The molecule has 0 spiro atoms. The second-order valence-corrected chi connectivity index (χ2v) is 9.41. The first kappa shape index (κ1) is 20.0. The van der Waals surface area contributed by atoms with Crippen LogP contribution in [-0.2, 0) is 0 Å². The number of benzene rings is 3. The fourth-order valence-electron chi connectivity index (χ4n) is 5.46. The Balaban J connectivity index is 1.61. The molecule has 0 bridgehead atoms. The quantitative estimate of drug-likeness (QED) is 0.351. The van der Waals surface area contributed by atoms with Gasteiger partial charge in [-0.1, -0.05) is 49.3 Å². The Labute approximate surface area is 191 Å². The fourth-order valence-corrected chi connectivity index (χ4v) is 5.46. The lowest BCUT2D eigenvalue weighted by atomic mass is 9.85. The van der Waals surface area contributed by atoms with Crippen LogP contribution in [0, 0.1) is 17.7 Å². The van der Waals surface area contributed by atoms with Crippen molar-refractivity contribution >= 4 is 33.7 Å². The Bertz CT molecular complexity index is 1400. The maximum Gasteiger partial charge on any atom is 0.196 e. The highest BCUT2D eigenvalue weighted by molar-refractivity contribution is 6.28. The third kappa shape index (κ3) is 3.20. The van der Waals surface area contributed by atoms with Crippen LogP contribution < -0.4 is 10.2 Å². The molecule has 33 heavy (non-hydrogen) atoms. The maximum atomic E-state index is 13.9. The van der Waals surface area contributed by atoms with E-state index in [0.29, 0.717) is 45.6 Å². The lowest BCUT2D eigenvalue weighted by molar-refractivity contribution is 0.104. The highest BCUT2D eigenvalue weighted by Crippen LogP contribution is 2.47. The summed E-state index contributed by atoms with van der Waals surface area (Å²) in [5.74, 6) is 1.28. The van der Waals surface area contributed by atoms with Crippen molar-refractivity contribution in [3.05, 3.63) is 71.5 Å². The Morgan fingerprint density at radius 1 is 1.03 bits per heavy atom. The van der Waals surface area contributed by atoms with Gasteiger partial charge in [-0.25, -0.2) is 4.39 Å². The summed E-state index contributed by atoms with van der Waals surface area (Å²) in [6.45, 7) is 6.34. The molecule has 1 fully saturated rings. The molecule has 2 atom stereocenters. The molecule has 166 valence electrons. The summed E-state index contributed by atoms with van der Waals surface area (Å²) in [7, 11) is 0. The lowest BCUT2D eigenvalue weighted by Gasteiger charge is -2.37. The zero-order valence-electron chi connectivity index (χ0n) is 18.6. The second-order valence-electron chi connectivity index (χ2n) is 9.41. The Kier molecular flexibility index (Phi) is 4.50. The predicted octanol–water partition coefficient (Wildman–Crippen LogP) is 6.40. The van der Waals surface area contributed by atoms with Crippen LogP contribution in [0.1, 0.15) is 36.2 Å². The summed E-state index contributed by atoms with van der Waals surface area (Å²) in [4.78, 5) is 16.0. The molecule has 1 aliphatic carbocycles. The highest BCUT2D eigenvalue weighted by atomic mass is 19.1. The first-order valence-corrected chi connectivity index (χ1v) is 11.4. The van der Waals surface area contributed by atoms with Crippen molar-refractivity contribution in [2.24, 2.45) is 11.8 Å². The van der Waals surface area contributed by atoms with E-state index in [0.717, 1.165) is 29.7 Å². The first-order valence-electron chi connectivity index (χ1n) is 11.4. The number of ketones is 1. The Morgan fingerprint density at radius 2 is 1.79 bits per heavy atom. The van der Waals surface area contributed by atoms with Crippen molar-refractivity contribution < 1.29 is 13.7 Å². The number of hydrogen-bond donors (Lipinski definition) is 1. The van der Waals surface area contributed by atoms with Gasteiger partial charge in [0.1, 0.15) is 11.3 Å². The number of rotatable bonds is 3. The maximum absolute atomic E-state index is 13.9. The first-order chi connectivity index (χ1) is 16.0. The van der Waals surface area contributed by atoms with E-state index in [1.165, 1.54) is 18.6 Å². The number of nitrogens with zero attached hydrogens (tertiary/aromatic N) is 2. The fraction of sp³-hybridized carbons (Fsp3) is 0.259. The van der Waals surface area contributed by atoms with Crippen LogP contribution in [0.5, 0.6) is 0 Å². The minimum Gasteiger partial charge on any atom is -0.369 e. The molecule has 5 nitrogen and oxygen atoms in total. The minimum absolute atomic E-state index is 0.0860. The molecule has 0 amide bonds. The highest BCUT2D eigenvalue weighted by Gasteiger charge is 2.34. The van der Waals surface area contributed by atoms with E-state index in [1.807, 2.05) is 30.3 Å². The van der Waals surface area contributed by atoms with E-state index in [1.54, 1.807) is 12.1 Å². The van der Waals surface area contributed by atoms with Crippen LogP contribution >= 0.6 is 0 Å². The molecule has 2 heterocycles. The summed E-state index contributed by atoms with van der Waals surface area (Å²) in [6, 6.07) is 15.7. The van der Waals surface area contributed by atoms with Crippen LogP contribution in [-0.4, -0.2) is 24.0 Å². The normalized spacial score (nSPS) is 19.6. The van der Waals surface area contributed by atoms with Crippen molar-refractivity contribution in [1.82, 2.24) is 5.16 Å². The third-order valence-electron chi connectivity index (χ3n) is 6.69. The van der Waals surface area contributed by atoms with Crippen LogP contribution in [0.2, 0.25) is 0 Å². The van der Waals surface area contributed by atoms with Crippen molar-refractivity contribution in [3.8, 4) is 11.3 Å². The van der Waals surface area contributed by atoms with Gasteiger partial charge < -0.3 is 14.7 Å². The summed E-state index contributed by atoms with van der Waals surface area (Å²) < 4.78 is 19.8. The van der Waals surface area contributed by atoms with Crippen LogP contribution in [0.25, 0.3) is 22.2 Å². The molecule has 1 saturated heterocycles. The summed E-state index contributed by atoms with van der Waals surface area (Å²) in [5, 5.41) is 8.49. The number of hydrogen-bond acceptors (Lipinski definition) is 5. The van der Waals surface area contributed by atoms with Gasteiger partial charge in [-0.2, -0.15) is 0 Å². The van der Waals surface area contributed by atoms with Gasteiger partial charge in [0.2, 0.25) is 0 Å². The molecule has 6 heteroatoms. The van der Waals surface area contributed by atoms with Gasteiger partial charge in [-0.15, -0.1) is 0 Å². The number of aromatic nitrogens is 1. The predicted molar refractivity (Wildman–Crippen MR) is 128 cm³/mol. The number of piperidine rings is 1. The molecule has 0 radical (unpaired) electrons. The van der Waals surface area contributed by atoms with Crippen LogP contribution in [0.4, 0.5) is 21.5 Å². The summed E-state index contributed by atoms with van der Waals surface area (Å²) in [5.41, 5.74) is 4.72. The number of carbonyl (C=O) groups excluding carboxylic acids is 1. The van der Waals surface area contributed by atoms with Gasteiger partial charge in [0.25, 0.3) is 0 Å². The molecule has 3 aromatic carbocycles. The molecule has 1 N–H and O–H groups in total. The topological polar surface area (TPSA) is 58.4 Å². The third-order valence-corrected chi connectivity index (χ3v) is 6.69. The number of anilines is 3. The molecule has 0 unspecified atom stereocenters. The molecular formula is C27H24FN3O2. The van der Waals surface area contributed by atoms with Crippen LogP contribution in [0.3, 0.4) is 0 Å². The molecule has 4 aromatic rings. The van der Waals surface area contributed by atoms with Crippen molar-refractivity contribution in [1.29, 1.82) is 0 Å². The molecule has 1 aromatic heterocycles. The summed E-state index contributed by atoms with van der Waals surface area (Å²) in [6.07, 6.45) is 1.18. The largest absolute Gasteiger partial charge is 0.369 e. The summed E-state index contributed by atoms with van der Waals surface area (Å²) >= 11 is 0. The zero-order chi connectivity index (χ0) is 22.7. The van der Waals surface area contributed by atoms with Gasteiger partial charge in [0, 0.05) is 29.9 Å². The molecule has 6 rings (SSSR count). The molecule has 1 aliphatic heterocycles. The van der Waals surface area contributed by atoms with E-state index < -0.39 is 0 Å². The number of halogens is 1. The molecule has 0 saturated carbocycles. The standard InChI is InChI=1S/C27H24FN3O2/c1-15-10-16(2)14-31(13-15)22-12-21(29-18-7-5-6-17(28)11-18)23-24-25(22)30-33-27(24)20-9-4-3-8-19(20)26(23)32/h3-9,11-12,15-16,29H,10,13-14H2,1-2H3/t15-,16-/m1/s1.